The topological polar surface area (TPSA) is 20.2 Å². The highest BCUT2D eigenvalue weighted by atomic mass is 16.3. The van der Waals surface area contributed by atoms with Crippen molar-refractivity contribution in [2.75, 3.05) is 0 Å². The molecule has 1 N–H and O–H groups in total. The summed E-state index contributed by atoms with van der Waals surface area (Å²) in [6, 6.07) is 0. The molecule has 0 aliphatic heterocycles. The number of rotatable bonds is 6. The zero-order chi connectivity index (χ0) is 21.2. The lowest BCUT2D eigenvalue weighted by atomic mass is 9.60. The van der Waals surface area contributed by atoms with Crippen molar-refractivity contribution in [2.45, 2.75) is 105 Å². The highest BCUT2D eigenvalue weighted by molar-refractivity contribution is 5.36. The van der Waals surface area contributed by atoms with Gasteiger partial charge < -0.3 is 5.11 Å². The monoisotopic (exact) mass is 398 g/mol. The minimum absolute atomic E-state index is 0.174. The van der Waals surface area contributed by atoms with Crippen LogP contribution in [0.4, 0.5) is 0 Å². The molecule has 3 aliphatic carbocycles. The van der Waals surface area contributed by atoms with Gasteiger partial charge in [-0.3, -0.25) is 0 Å². The van der Waals surface area contributed by atoms with Gasteiger partial charge in [-0.2, -0.15) is 0 Å². The van der Waals surface area contributed by atoms with Crippen molar-refractivity contribution < 1.29 is 5.11 Å². The van der Waals surface area contributed by atoms with E-state index >= 15 is 0 Å². The molecule has 29 heavy (non-hydrogen) atoms. The molecule has 3 aliphatic rings. The van der Waals surface area contributed by atoms with Crippen molar-refractivity contribution in [3.63, 3.8) is 0 Å². The summed E-state index contributed by atoms with van der Waals surface area (Å²) >= 11 is 0. The van der Waals surface area contributed by atoms with Crippen LogP contribution in [0.25, 0.3) is 0 Å². The van der Waals surface area contributed by atoms with Gasteiger partial charge in [0, 0.05) is 0 Å². The first-order chi connectivity index (χ1) is 13.7. The largest absolute Gasteiger partial charge is 0.393 e. The first-order valence-corrected chi connectivity index (χ1v) is 12.5. The lowest BCUT2D eigenvalue weighted by Gasteiger charge is -2.44. The van der Waals surface area contributed by atoms with E-state index in [0.717, 1.165) is 48.9 Å². The molecule has 0 spiro atoms. The van der Waals surface area contributed by atoms with Crippen molar-refractivity contribution in [1.82, 2.24) is 0 Å². The molecule has 6 atom stereocenters. The summed E-state index contributed by atoms with van der Waals surface area (Å²) in [5, 5.41) is 10.0. The maximum atomic E-state index is 10.0. The fourth-order valence-electron chi connectivity index (χ4n) is 6.67. The van der Waals surface area contributed by atoms with Gasteiger partial charge in [0.15, 0.2) is 0 Å². The number of aliphatic hydroxyl groups excluding tert-OH is 1. The minimum Gasteiger partial charge on any atom is -0.393 e. The summed E-state index contributed by atoms with van der Waals surface area (Å²) in [6.45, 7) is 16.6. The van der Waals surface area contributed by atoms with E-state index in [1.54, 1.807) is 5.57 Å². The van der Waals surface area contributed by atoms with Crippen LogP contribution in [0.5, 0.6) is 0 Å². The molecule has 0 aromatic rings. The highest BCUT2D eigenvalue weighted by Crippen LogP contribution is 2.60. The maximum absolute atomic E-state index is 10.0. The van der Waals surface area contributed by atoms with Crippen molar-refractivity contribution in [3.8, 4) is 0 Å². The van der Waals surface area contributed by atoms with Gasteiger partial charge in [-0.05, 0) is 91.9 Å². The Morgan fingerprint density at radius 2 is 1.83 bits per heavy atom. The fraction of sp³-hybridized carbons (Fsp3) is 0.786. The third kappa shape index (κ3) is 5.09. The molecule has 3 fully saturated rings. The minimum atomic E-state index is -0.174. The third-order valence-electron chi connectivity index (χ3n) is 9.13. The Balaban J connectivity index is 1.70. The van der Waals surface area contributed by atoms with Gasteiger partial charge in [-0.25, -0.2) is 0 Å². The van der Waals surface area contributed by atoms with E-state index in [2.05, 4.69) is 53.3 Å². The standard InChI is InChI=1S/C28H46O/c1-19(2)20(3)9-10-22(5)26-15-16-27-23(8-7-17-28(26,27)6)12-13-24-18-25(29)14-11-21(24)4/h12-13,19-20,22,25-27,29H,4,7-11,14-18H2,1-3,5-6H3/b23-12-,24-13-/t20-,22?,25+,26-,27+,28-/m1/s1. The fourth-order valence-corrected chi connectivity index (χ4v) is 6.67. The smallest absolute Gasteiger partial charge is 0.0583 e. The molecule has 0 bridgehead atoms. The van der Waals surface area contributed by atoms with Crippen molar-refractivity contribution in [3.05, 3.63) is 35.5 Å². The van der Waals surface area contributed by atoms with Gasteiger partial charge >= 0.3 is 0 Å². The van der Waals surface area contributed by atoms with Crippen LogP contribution in [0, 0.1) is 35.0 Å². The van der Waals surface area contributed by atoms with E-state index in [-0.39, 0.29) is 6.10 Å². The summed E-state index contributed by atoms with van der Waals surface area (Å²) in [7, 11) is 0. The Labute approximate surface area is 180 Å². The molecule has 1 heteroatoms. The van der Waals surface area contributed by atoms with E-state index in [9.17, 15) is 5.11 Å². The average Bonchev–Trinajstić information content (AvgIpc) is 3.04. The van der Waals surface area contributed by atoms with Crippen molar-refractivity contribution in [2.24, 2.45) is 35.0 Å². The number of allylic oxidation sites excluding steroid dienone is 4. The zero-order valence-electron chi connectivity index (χ0n) is 19.8. The van der Waals surface area contributed by atoms with Crippen LogP contribution in [0.15, 0.2) is 35.5 Å². The molecule has 164 valence electrons. The Morgan fingerprint density at radius 3 is 2.55 bits per heavy atom. The molecule has 0 heterocycles. The molecule has 0 amide bonds. The van der Waals surface area contributed by atoms with Gasteiger partial charge in [0.2, 0.25) is 0 Å². The maximum Gasteiger partial charge on any atom is 0.0583 e. The van der Waals surface area contributed by atoms with E-state index in [4.69, 9.17) is 0 Å². The van der Waals surface area contributed by atoms with E-state index in [1.165, 1.54) is 56.1 Å². The Kier molecular flexibility index (Phi) is 7.52. The second kappa shape index (κ2) is 9.54. The summed E-state index contributed by atoms with van der Waals surface area (Å²) in [6.07, 6.45) is 16.8. The number of fused-ring (bicyclic) bond motifs is 1. The summed E-state index contributed by atoms with van der Waals surface area (Å²) in [5.41, 5.74) is 4.70. The van der Waals surface area contributed by atoms with Crippen LogP contribution in [-0.4, -0.2) is 11.2 Å². The molecule has 0 saturated heterocycles. The summed E-state index contributed by atoms with van der Waals surface area (Å²) in [5.74, 6) is 4.14. The predicted octanol–water partition coefficient (Wildman–Crippen LogP) is 7.87. The SMILES string of the molecule is C=C1CC[C@H](O)C/C1=C/C=C1/CCC[C@]2(C)[C@@H](C(C)CC[C@@H](C)C(C)C)CC[C@@H]12. The van der Waals surface area contributed by atoms with Crippen LogP contribution < -0.4 is 0 Å². The summed E-state index contributed by atoms with van der Waals surface area (Å²) < 4.78 is 0. The van der Waals surface area contributed by atoms with Gasteiger partial charge in [0.25, 0.3) is 0 Å². The highest BCUT2D eigenvalue weighted by Gasteiger charge is 2.50. The second-order valence-corrected chi connectivity index (χ2v) is 11.3. The lowest BCUT2D eigenvalue weighted by Crippen LogP contribution is -2.36. The van der Waals surface area contributed by atoms with Crippen LogP contribution in [-0.2, 0) is 0 Å². The van der Waals surface area contributed by atoms with Gasteiger partial charge in [-0.1, -0.05) is 77.3 Å². The van der Waals surface area contributed by atoms with Crippen molar-refractivity contribution in [1.29, 1.82) is 0 Å². The molecule has 1 unspecified atom stereocenters. The summed E-state index contributed by atoms with van der Waals surface area (Å²) in [4.78, 5) is 0. The Hall–Kier alpha value is -0.820. The number of hydrogen-bond donors (Lipinski definition) is 1. The molecule has 0 aromatic heterocycles. The lowest BCUT2D eigenvalue weighted by molar-refractivity contribution is 0.0907. The van der Waals surface area contributed by atoms with E-state index < -0.39 is 0 Å². The first-order valence-electron chi connectivity index (χ1n) is 12.5. The second-order valence-electron chi connectivity index (χ2n) is 11.3. The molecule has 1 nitrogen and oxygen atoms in total. The van der Waals surface area contributed by atoms with Crippen LogP contribution in [0.3, 0.4) is 0 Å². The van der Waals surface area contributed by atoms with E-state index in [1.807, 2.05) is 0 Å². The van der Waals surface area contributed by atoms with Crippen molar-refractivity contribution >= 4 is 0 Å². The molecule has 3 rings (SSSR count). The van der Waals surface area contributed by atoms with Gasteiger partial charge in [0.1, 0.15) is 0 Å². The van der Waals surface area contributed by atoms with Crippen LogP contribution >= 0.6 is 0 Å². The zero-order valence-corrected chi connectivity index (χ0v) is 19.8. The Morgan fingerprint density at radius 1 is 1.07 bits per heavy atom. The Bertz CT molecular complexity index is 639. The molecular weight excluding hydrogens is 352 g/mol. The normalized spacial score (nSPS) is 37.9. The quantitative estimate of drug-likeness (QED) is 0.482. The number of hydrogen-bond acceptors (Lipinski definition) is 1. The van der Waals surface area contributed by atoms with Gasteiger partial charge in [0.05, 0.1) is 6.10 Å². The van der Waals surface area contributed by atoms with E-state index in [0.29, 0.717) is 5.41 Å². The van der Waals surface area contributed by atoms with Crippen LogP contribution in [0.1, 0.15) is 98.8 Å². The van der Waals surface area contributed by atoms with Gasteiger partial charge in [-0.15, -0.1) is 0 Å². The van der Waals surface area contributed by atoms with Crippen LogP contribution in [0.2, 0.25) is 0 Å². The molecule has 3 saturated carbocycles. The average molecular weight is 399 g/mol. The number of aliphatic hydroxyl groups is 1. The first kappa shape index (κ1) is 22.9. The predicted molar refractivity (Wildman–Crippen MR) is 126 cm³/mol. The third-order valence-corrected chi connectivity index (χ3v) is 9.13. The molecule has 0 aromatic carbocycles. The molecular formula is C28H46O. The molecule has 0 radical (unpaired) electrons.